The van der Waals surface area contributed by atoms with Crippen LogP contribution in [0.3, 0.4) is 0 Å². The fourth-order valence-corrected chi connectivity index (χ4v) is 3.26. The number of aliphatic imine (C=N–C) groups is 1. The molecule has 0 amide bonds. The minimum atomic E-state index is -0.132. The van der Waals surface area contributed by atoms with Crippen molar-refractivity contribution in [2.24, 2.45) is 10.9 Å². The summed E-state index contributed by atoms with van der Waals surface area (Å²) in [7, 11) is 1.82. The third-order valence-corrected chi connectivity index (χ3v) is 4.68. The molecular formula is C20H29N5O. The topological polar surface area (TPSA) is 66.5 Å². The molecule has 0 spiro atoms. The average molecular weight is 355 g/mol. The molecule has 1 aromatic carbocycles. The number of hydrogen-bond acceptors (Lipinski definition) is 4. The molecule has 1 aliphatic heterocycles. The maximum Gasteiger partial charge on any atom is 0.232 e. The molecule has 3 rings (SSSR count). The number of rotatable bonds is 4. The molecule has 0 bridgehead atoms. The molecular weight excluding hydrogens is 326 g/mol. The van der Waals surface area contributed by atoms with Crippen LogP contribution >= 0.6 is 0 Å². The molecule has 1 fully saturated rings. The van der Waals surface area contributed by atoms with Crippen molar-refractivity contribution in [2.75, 3.05) is 20.1 Å². The van der Waals surface area contributed by atoms with Crippen LogP contribution in [0, 0.1) is 5.92 Å². The van der Waals surface area contributed by atoms with Crippen LogP contribution in [0.5, 0.6) is 0 Å². The van der Waals surface area contributed by atoms with Gasteiger partial charge in [-0.3, -0.25) is 4.99 Å². The van der Waals surface area contributed by atoms with Gasteiger partial charge >= 0.3 is 0 Å². The maximum atomic E-state index is 5.35. The van der Waals surface area contributed by atoms with E-state index in [-0.39, 0.29) is 5.41 Å². The fourth-order valence-electron chi connectivity index (χ4n) is 3.26. The van der Waals surface area contributed by atoms with Gasteiger partial charge in [0.15, 0.2) is 11.8 Å². The van der Waals surface area contributed by atoms with Crippen molar-refractivity contribution in [3.8, 4) is 0 Å². The van der Waals surface area contributed by atoms with Crippen molar-refractivity contribution >= 4 is 5.96 Å². The lowest BCUT2D eigenvalue weighted by atomic mass is 9.97. The lowest BCUT2D eigenvalue weighted by Crippen LogP contribution is -2.40. The highest BCUT2D eigenvalue weighted by Crippen LogP contribution is 2.21. The molecule has 26 heavy (non-hydrogen) atoms. The monoisotopic (exact) mass is 355 g/mol. The molecule has 2 aromatic rings. The van der Waals surface area contributed by atoms with E-state index in [1.807, 2.05) is 7.05 Å². The first-order valence-electron chi connectivity index (χ1n) is 9.28. The first-order chi connectivity index (χ1) is 12.5. The first-order valence-corrected chi connectivity index (χ1v) is 9.28. The standard InChI is InChI=1S/C20H29N5O/c1-20(2,3)18-23-17(24-26-18)13-22-19(21-4)25-11-10-16(14-25)12-15-8-6-5-7-9-15/h5-9,16H,10-14H2,1-4H3,(H,21,22). The van der Waals surface area contributed by atoms with Crippen LogP contribution in [0.4, 0.5) is 0 Å². The summed E-state index contributed by atoms with van der Waals surface area (Å²) in [6.07, 6.45) is 2.31. The minimum Gasteiger partial charge on any atom is -0.349 e. The van der Waals surface area contributed by atoms with E-state index in [1.165, 1.54) is 12.0 Å². The lowest BCUT2D eigenvalue weighted by Gasteiger charge is -2.21. The van der Waals surface area contributed by atoms with E-state index >= 15 is 0 Å². The first kappa shape index (κ1) is 18.4. The molecule has 0 saturated carbocycles. The number of likely N-dealkylation sites (tertiary alicyclic amines) is 1. The zero-order valence-corrected chi connectivity index (χ0v) is 16.2. The van der Waals surface area contributed by atoms with E-state index in [1.54, 1.807) is 0 Å². The van der Waals surface area contributed by atoms with Crippen LogP contribution in [-0.2, 0) is 18.4 Å². The molecule has 1 saturated heterocycles. The smallest absolute Gasteiger partial charge is 0.232 e. The minimum absolute atomic E-state index is 0.132. The zero-order valence-electron chi connectivity index (χ0n) is 16.2. The summed E-state index contributed by atoms with van der Waals surface area (Å²) in [6.45, 7) is 8.76. The maximum absolute atomic E-state index is 5.35. The molecule has 6 nitrogen and oxygen atoms in total. The third kappa shape index (κ3) is 4.62. The van der Waals surface area contributed by atoms with Crippen LogP contribution in [0.1, 0.15) is 44.5 Å². The van der Waals surface area contributed by atoms with E-state index in [9.17, 15) is 0 Å². The van der Waals surface area contributed by atoms with E-state index in [4.69, 9.17) is 4.52 Å². The van der Waals surface area contributed by atoms with Crippen molar-refractivity contribution in [1.82, 2.24) is 20.4 Å². The number of nitrogens with one attached hydrogen (secondary N) is 1. The van der Waals surface area contributed by atoms with E-state index in [0.717, 1.165) is 25.5 Å². The summed E-state index contributed by atoms with van der Waals surface area (Å²) in [5.41, 5.74) is 1.27. The Bertz CT molecular complexity index is 732. The molecule has 1 aliphatic rings. The van der Waals surface area contributed by atoms with Gasteiger partial charge in [-0.05, 0) is 24.3 Å². The van der Waals surface area contributed by atoms with Gasteiger partial charge < -0.3 is 14.7 Å². The van der Waals surface area contributed by atoms with Gasteiger partial charge in [0.1, 0.15) is 0 Å². The summed E-state index contributed by atoms with van der Waals surface area (Å²) >= 11 is 0. The zero-order chi connectivity index (χ0) is 18.6. The summed E-state index contributed by atoms with van der Waals surface area (Å²) in [5.74, 6) is 2.89. The number of benzene rings is 1. The van der Waals surface area contributed by atoms with Crippen LogP contribution in [-0.4, -0.2) is 41.1 Å². The second-order valence-corrected chi connectivity index (χ2v) is 7.96. The number of guanidine groups is 1. The SMILES string of the molecule is CN=C(NCc1noc(C(C)(C)C)n1)N1CCC(Cc2ccccc2)C1. The Morgan fingerprint density at radius 3 is 2.73 bits per heavy atom. The second kappa shape index (κ2) is 7.89. The fraction of sp³-hybridized carbons (Fsp3) is 0.550. The Morgan fingerprint density at radius 2 is 2.08 bits per heavy atom. The molecule has 2 heterocycles. The van der Waals surface area contributed by atoms with Crippen molar-refractivity contribution < 1.29 is 4.52 Å². The van der Waals surface area contributed by atoms with Crippen molar-refractivity contribution in [2.45, 2.75) is 45.6 Å². The molecule has 6 heteroatoms. The molecule has 0 radical (unpaired) electrons. The van der Waals surface area contributed by atoms with Crippen LogP contribution in [0.2, 0.25) is 0 Å². The summed E-state index contributed by atoms with van der Waals surface area (Å²) in [5, 5.41) is 7.43. The van der Waals surface area contributed by atoms with Crippen molar-refractivity contribution in [1.29, 1.82) is 0 Å². The van der Waals surface area contributed by atoms with Gasteiger partial charge in [0.05, 0.1) is 6.54 Å². The summed E-state index contributed by atoms with van der Waals surface area (Å²) in [6, 6.07) is 10.7. The largest absolute Gasteiger partial charge is 0.349 e. The summed E-state index contributed by atoms with van der Waals surface area (Å²) < 4.78 is 5.35. The number of aromatic nitrogens is 2. The molecule has 140 valence electrons. The Balaban J connectivity index is 1.52. The number of nitrogens with zero attached hydrogens (tertiary/aromatic N) is 4. The molecule has 1 N–H and O–H groups in total. The van der Waals surface area contributed by atoms with Gasteiger partial charge in [-0.15, -0.1) is 0 Å². The lowest BCUT2D eigenvalue weighted by molar-refractivity contribution is 0.318. The predicted octanol–water partition coefficient (Wildman–Crippen LogP) is 3.01. The van der Waals surface area contributed by atoms with E-state index in [2.05, 4.69) is 76.5 Å². The predicted molar refractivity (Wildman–Crippen MR) is 103 cm³/mol. The van der Waals surface area contributed by atoms with Crippen molar-refractivity contribution in [3.63, 3.8) is 0 Å². The Labute approximate surface area is 155 Å². The normalized spacial score (nSPS) is 18.4. The van der Waals surface area contributed by atoms with Gasteiger partial charge in [-0.25, -0.2) is 0 Å². The van der Waals surface area contributed by atoms with Gasteiger partial charge in [0.25, 0.3) is 0 Å². The Kier molecular flexibility index (Phi) is 5.59. The molecule has 1 unspecified atom stereocenters. The van der Waals surface area contributed by atoms with Gasteiger partial charge in [0.2, 0.25) is 5.89 Å². The van der Waals surface area contributed by atoms with Gasteiger partial charge in [-0.2, -0.15) is 4.98 Å². The molecule has 0 aliphatic carbocycles. The highest BCUT2D eigenvalue weighted by Gasteiger charge is 2.26. The summed E-state index contributed by atoms with van der Waals surface area (Å²) in [4.78, 5) is 11.2. The highest BCUT2D eigenvalue weighted by molar-refractivity contribution is 5.80. The third-order valence-electron chi connectivity index (χ3n) is 4.68. The molecule has 1 aromatic heterocycles. The average Bonchev–Trinajstić information content (AvgIpc) is 3.26. The molecule has 1 atom stereocenters. The van der Waals surface area contributed by atoms with Crippen LogP contribution < -0.4 is 5.32 Å². The van der Waals surface area contributed by atoms with Gasteiger partial charge in [-0.1, -0.05) is 56.3 Å². The van der Waals surface area contributed by atoms with Crippen molar-refractivity contribution in [3.05, 3.63) is 47.6 Å². The second-order valence-electron chi connectivity index (χ2n) is 7.96. The van der Waals surface area contributed by atoms with Crippen LogP contribution in [0.25, 0.3) is 0 Å². The Hall–Kier alpha value is -2.37. The quantitative estimate of drug-likeness (QED) is 0.674. The highest BCUT2D eigenvalue weighted by atomic mass is 16.5. The number of hydrogen-bond donors (Lipinski definition) is 1. The van der Waals surface area contributed by atoms with Gasteiger partial charge in [0, 0.05) is 25.6 Å². The van der Waals surface area contributed by atoms with Crippen LogP contribution in [0.15, 0.2) is 39.8 Å². The van der Waals surface area contributed by atoms with E-state index in [0.29, 0.717) is 24.2 Å². The Morgan fingerprint density at radius 1 is 1.31 bits per heavy atom. The van der Waals surface area contributed by atoms with E-state index < -0.39 is 0 Å².